The van der Waals surface area contributed by atoms with E-state index in [1.54, 1.807) is 0 Å². The van der Waals surface area contributed by atoms with Crippen molar-refractivity contribution in [2.45, 2.75) is 32.4 Å². The first-order valence-electron chi connectivity index (χ1n) is 5.67. The van der Waals surface area contributed by atoms with Crippen molar-refractivity contribution in [2.24, 2.45) is 5.92 Å². The number of carbonyl (C=O) groups is 3. The number of carboxylic acids is 1. The zero-order valence-corrected chi connectivity index (χ0v) is 10.4. The van der Waals surface area contributed by atoms with Crippen LogP contribution in [0.1, 0.15) is 26.2 Å². The summed E-state index contributed by atoms with van der Waals surface area (Å²) >= 11 is 0. The molecular formula is C11H16F3NO4. The van der Waals surface area contributed by atoms with Crippen molar-refractivity contribution < 1.29 is 32.7 Å². The minimum Gasteiger partial charge on any atom is -0.475 e. The molecule has 1 saturated heterocycles. The normalized spacial score (nSPS) is 16.2. The van der Waals surface area contributed by atoms with Crippen molar-refractivity contribution in [1.82, 2.24) is 5.32 Å². The van der Waals surface area contributed by atoms with Crippen LogP contribution in [0.4, 0.5) is 13.2 Å². The third kappa shape index (κ3) is 8.30. The SMILES string of the molecule is CC(=O)CC(=O)C1CCNCC1.O=C(O)C(F)(F)F. The summed E-state index contributed by atoms with van der Waals surface area (Å²) in [5, 5.41) is 10.3. The van der Waals surface area contributed by atoms with E-state index in [0.29, 0.717) is 0 Å². The van der Waals surface area contributed by atoms with Crippen LogP contribution in [0, 0.1) is 5.92 Å². The number of aliphatic carboxylic acids is 1. The lowest BCUT2D eigenvalue weighted by molar-refractivity contribution is -0.192. The van der Waals surface area contributed by atoms with Gasteiger partial charge in [0.2, 0.25) is 0 Å². The third-order valence-electron chi connectivity index (χ3n) is 2.46. The minimum atomic E-state index is -5.08. The number of rotatable bonds is 3. The Kier molecular flexibility index (Phi) is 7.28. The number of ketones is 2. The van der Waals surface area contributed by atoms with Gasteiger partial charge in [-0.05, 0) is 32.9 Å². The summed E-state index contributed by atoms with van der Waals surface area (Å²) in [6, 6.07) is 0. The van der Waals surface area contributed by atoms with Crippen LogP contribution in [-0.4, -0.2) is 41.9 Å². The molecule has 1 heterocycles. The third-order valence-corrected chi connectivity index (χ3v) is 2.46. The molecule has 1 fully saturated rings. The number of halogens is 3. The van der Waals surface area contributed by atoms with Crippen LogP contribution in [0.2, 0.25) is 0 Å². The molecule has 8 heteroatoms. The van der Waals surface area contributed by atoms with E-state index < -0.39 is 12.1 Å². The van der Waals surface area contributed by atoms with Crippen molar-refractivity contribution in [3.8, 4) is 0 Å². The summed E-state index contributed by atoms with van der Waals surface area (Å²) in [5.41, 5.74) is 0. The lowest BCUT2D eigenvalue weighted by atomic mass is 9.91. The van der Waals surface area contributed by atoms with Crippen molar-refractivity contribution in [3.63, 3.8) is 0 Å². The molecule has 19 heavy (non-hydrogen) atoms. The Morgan fingerprint density at radius 2 is 1.63 bits per heavy atom. The van der Waals surface area contributed by atoms with E-state index >= 15 is 0 Å². The Hall–Kier alpha value is -1.44. The molecule has 0 aromatic carbocycles. The minimum absolute atomic E-state index is 0.0152. The van der Waals surface area contributed by atoms with Gasteiger partial charge in [0.05, 0.1) is 6.42 Å². The largest absolute Gasteiger partial charge is 0.490 e. The zero-order chi connectivity index (χ0) is 15.1. The van der Waals surface area contributed by atoms with Crippen molar-refractivity contribution >= 4 is 17.5 Å². The van der Waals surface area contributed by atoms with E-state index in [1.165, 1.54) is 6.92 Å². The van der Waals surface area contributed by atoms with E-state index in [2.05, 4.69) is 5.32 Å². The molecule has 0 spiro atoms. The molecule has 1 aliphatic heterocycles. The van der Waals surface area contributed by atoms with Crippen molar-refractivity contribution in [1.29, 1.82) is 0 Å². The van der Waals surface area contributed by atoms with E-state index in [1.807, 2.05) is 0 Å². The molecule has 1 rings (SSSR count). The van der Waals surface area contributed by atoms with Crippen LogP contribution in [-0.2, 0) is 14.4 Å². The van der Waals surface area contributed by atoms with Crippen molar-refractivity contribution in [3.05, 3.63) is 0 Å². The second-order valence-electron chi connectivity index (χ2n) is 4.17. The van der Waals surface area contributed by atoms with Gasteiger partial charge in [0.15, 0.2) is 0 Å². The molecule has 2 N–H and O–H groups in total. The highest BCUT2D eigenvalue weighted by Crippen LogP contribution is 2.14. The van der Waals surface area contributed by atoms with Gasteiger partial charge in [0.1, 0.15) is 11.6 Å². The van der Waals surface area contributed by atoms with Crippen LogP contribution in [0.15, 0.2) is 0 Å². The predicted octanol–water partition coefficient (Wildman–Crippen LogP) is 1.17. The second kappa shape index (κ2) is 7.88. The van der Waals surface area contributed by atoms with Gasteiger partial charge in [-0.3, -0.25) is 9.59 Å². The number of hydrogen-bond donors (Lipinski definition) is 2. The van der Waals surface area contributed by atoms with Gasteiger partial charge in [-0.1, -0.05) is 0 Å². The zero-order valence-electron chi connectivity index (χ0n) is 10.4. The molecule has 0 radical (unpaired) electrons. The molecule has 1 aliphatic rings. The summed E-state index contributed by atoms with van der Waals surface area (Å²) in [5.74, 6) is -2.51. The van der Waals surface area contributed by atoms with Crippen LogP contribution in [0.3, 0.4) is 0 Å². The fourth-order valence-corrected chi connectivity index (χ4v) is 1.53. The van der Waals surface area contributed by atoms with Gasteiger partial charge in [-0.25, -0.2) is 4.79 Å². The Balaban J connectivity index is 0.000000399. The summed E-state index contributed by atoms with van der Waals surface area (Å²) < 4.78 is 31.7. The van der Waals surface area contributed by atoms with E-state index in [9.17, 15) is 22.8 Å². The van der Waals surface area contributed by atoms with Crippen LogP contribution < -0.4 is 5.32 Å². The summed E-state index contributed by atoms with van der Waals surface area (Å²) in [4.78, 5) is 30.9. The van der Waals surface area contributed by atoms with Crippen LogP contribution >= 0.6 is 0 Å². The number of nitrogens with one attached hydrogen (secondary N) is 1. The Morgan fingerprint density at radius 3 is 1.95 bits per heavy atom. The molecular weight excluding hydrogens is 267 g/mol. The topological polar surface area (TPSA) is 83.5 Å². The standard InChI is InChI=1S/C9H15NO2.C2HF3O2/c1-7(11)6-9(12)8-2-4-10-5-3-8;3-2(4,5)1(6)7/h8,10H,2-6H2,1H3;(H,6,7). The lowest BCUT2D eigenvalue weighted by Crippen LogP contribution is -2.32. The first-order valence-corrected chi connectivity index (χ1v) is 5.67. The highest BCUT2D eigenvalue weighted by molar-refractivity contribution is 5.99. The smallest absolute Gasteiger partial charge is 0.475 e. The molecule has 0 aromatic heterocycles. The highest BCUT2D eigenvalue weighted by atomic mass is 19.4. The molecule has 0 unspecified atom stereocenters. The van der Waals surface area contributed by atoms with Crippen LogP contribution in [0.25, 0.3) is 0 Å². The first-order chi connectivity index (χ1) is 8.64. The van der Waals surface area contributed by atoms with Gasteiger partial charge in [-0.15, -0.1) is 0 Å². The summed E-state index contributed by atoms with van der Waals surface area (Å²) in [6.07, 6.45) is -3.16. The Labute approximate surface area is 108 Å². The Morgan fingerprint density at radius 1 is 1.21 bits per heavy atom. The van der Waals surface area contributed by atoms with E-state index in [-0.39, 0.29) is 23.9 Å². The monoisotopic (exact) mass is 283 g/mol. The molecule has 110 valence electrons. The van der Waals surface area contributed by atoms with Gasteiger partial charge >= 0.3 is 12.1 Å². The highest BCUT2D eigenvalue weighted by Gasteiger charge is 2.38. The van der Waals surface area contributed by atoms with Gasteiger partial charge < -0.3 is 10.4 Å². The second-order valence-corrected chi connectivity index (χ2v) is 4.17. The molecule has 0 amide bonds. The molecule has 0 saturated carbocycles. The van der Waals surface area contributed by atoms with E-state index in [4.69, 9.17) is 9.90 Å². The lowest BCUT2D eigenvalue weighted by Gasteiger charge is -2.20. The maximum Gasteiger partial charge on any atom is 0.490 e. The number of alkyl halides is 3. The molecule has 0 atom stereocenters. The van der Waals surface area contributed by atoms with Crippen LogP contribution in [0.5, 0.6) is 0 Å². The van der Waals surface area contributed by atoms with Gasteiger partial charge in [0.25, 0.3) is 0 Å². The predicted molar refractivity (Wildman–Crippen MR) is 59.6 cm³/mol. The van der Waals surface area contributed by atoms with Gasteiger partial charge in [-0.2, -0.15) is 13.2 Å². The fourth-order valence-electron chi connectivity index (χ4n) is 1.53. The number of carbonyl (C=O) groups excluding carboxylic acids is 2. The molecule has 0 aromatic rings. The number of piperidine rings is 1. The van der Waals surface area contributed by atoms with Gasteiger partial charge in [0, 0.05) is 5.92 Å². The number of carboxylic acid groups (broad SMARTS) is 1. The molecule has 0 bridgehead atoms. The summed E-state index contributed by atoms with van der Waals surface area (Å²) in [6.45, 7) is 3.29. The Bertz CT molecular complexity index is 335. The average Bonchev–Trinajstić information content (AvgIpc) is 2.28. The number of Topliss-reactive ketones (excluding diaryl/α,β-unsaturated/α-hetero) is 2. The maximum atomic E-state index is 11.4. The quantitative estimate of drug-likeness (QED) is 0.760. The van der Waals surface area contributed by atoms with E-state index in [0.717, 1.165) is 25.9 Å². The summed E-state index contributed by atoms with van der Waals surface area (Å²) in [7, 11) is 0. The maximum absolute atomic E-state index is 11.4. The average molecular weight is 283 g/mol. The number of hydrogen-bond acceptors (Lipinski definition) is 4. The molecule has 0 aliphatic carbocycles. The van der Waals surface area contributed by atoms with Crippen molar-refractivity contribution in [2.75, 3.05) is 13.1 Å². The first kappa shape index (κ1) is 17.6. The molecule has 5 nitrogen and oxygen atoms in total. The fraction of sp³-hybridized carbons (Fsp3) is 0.727.